The summed E-state index contributed by atoms with van der Waals surface area (Å²) in [5.41, 5.74) is 0.728. The van der Waals surface area contributed by atoms with Gasteiger partial charge in [-0.15, -0.1) is 0 Å². The molecule has 2 N–H and O–H groups in total. The van der Waals surface area contributed by atoms with Gasteiger partial charge in [-0.25, -0.2) is 4.98 Å². The maximum atomic E-state index is 11.3. The van der Waals surface area contributed by atoms with E-state index in [0.29, 0.717) is 12.4 Å². The Bertz CT molecular complexity index is 447. The SMILES string of the molecule is CCNS(=O)(=O)Nc1ccc(Br)c(C)n1. The molecule has 84 valence electrons. The van der Waals surface area contributed by atoms with Crippen LogP contribution in [-0.2, 0) is 10.2 Å². The van der Waals surface area contributed by atoms with Gasteiger partial charge in [0.15, 0.2) is 0 Å². The van der Waals surface area contributed by atoms with Crippen molar-refractivity contribution < 1.29 is 8.42 Å². The molecule has 7 heteroatoms. The highest BCUT2D eigenvalue weighted by Crippen LogP contribution is 2.16. The summed E-state index contributed by atoms with van der Waals surface area (Å²) in [6.07, 6.45) is 0. The quantitative estimate of drug-likeness (QED) is 0.882. The van der Waals surface area contributed by atoms with E-state index in [1.807, 2.05) is 0 Å². The van der Waals surface area contributed by atoms with Gasteiger partial charge in [0.05, 0.1) is 5.69 Å². The van der Waals surface area contributed by atoms with Crippen LogP contribution >= 0.6 is 15.9 Å². The second-order valence-electron chi connectivity index (χ2n) is 2.87. The number of hydrogen-bond donors (Lipinski definition) is 2. The summed E-state index contributed by atoms with van der Waals surface area (Å²) in [4.78, 5) is 4.06. The lowest BCUT2D eigenvalue weighted by Gasteiger charge is -2.07. The van der Waals surface area contributed by atoms with Gasteiger partial charge in [0.2, 0.25) is 0 Å². The van der Waals surface area contributed by atoms with Crippen LogP contribution in [0.4, 0.5) is 5.82 Å². The third-order valence-electron chi connectivity index (χ3n) is 1.59. The summed E-state index contributed by atoms with van der Waals surface area (Å²) >= 11 is 3.28. The smallest absolute Gasteiger partial charge is 0.255 e. The Hall–Kier alpha value is -0.660. The molecule has 1 aromatic rings. The van der Waals surface area contributed by atoms with Crippen LogP contribution in [0.25, 0.3) is 0 Å². The molecular weight excluding hydrogens is 282 g/mol. The molecule has 1 heterocycles. The van der Waals surface area contributed by atoms with Crippen LogP contribution < -0.4 is 9.44 Å². The number of nitrogens with zero attached hydrogens (tertiary/aromatic N) is 1. The Kier molecular flexibility index (Phi) is 4.06. The molecule has 0 aliphatic heterocycles. The van der Waals surface area contributed by atoms with Crippen molar-refractivity contribution in [3.05, 3.63) is 22.3 Å². The van der Waals surface area contributed by atoms with Gasteiger partial charge in [-0.3, -0.25) is 4.72 Å². The minimum Gasteiger partial charge on any atom is -0.255 e. The van der Waals surface area contributed by atoms with Crippen LogP contribution in [0.2, 0.25) is 0 Å². The van der Waals surface area contributed by atoms with Crippen molar-refractivity contribution >= 4 is 32.0 Å². The van der Waals surface area contributed by atoms with Crippen LogP contribution in [0.5, 0.6) is 0 Å². The second-order valence-corrected chi connectivity index (χ2v) is 5.22. The van der Waals surface area contributed by atoms with E-state index in [4.69, 9.17) is 0 Å². The number of pyridine rings is 1. The Morgan fingerprint density at radius 2 is 2.13 bits per heavy atom. The molecule has 0 saturated carbocycles. The third kappa shape index (κ3) is 3.77. The first-order chi connectivity index (χ1) is 6.94. The zero-order valence-electron chi connectivity index (χ0n) is 8.41. The Morgan fingerprint density at radius 1 is 1.47 bits per heavy atom. The first-order valence-corrected chi connectivity index (χ1v) is 6.63. The summed E-state index contributed by atoms with van der Waals surface area (Å²) < 4.78 is 28.1. The highest BCUT2D eigenvalue weighted by Gasteiger charge is 2.09. The van der Waals surface area contributed by atoms with Crippen molar-refractivity contribution in [2.45, 2.75) is 13.8 Å². The molecule has 0 fully saturated rings. The lowest BCUT2D eigenvalue weighted by molar-refractivity contribution is 0.589. The third-order valence-corrected chi connectivity index (χ3v) is 3.58. The average molecular weight is 294 g/mol. The van der Waals surface area contributed by atoms with E-state index in [9.17, 15) is 8.42 Å². The highest BCUT2D eigenvalue weighted by atomic mass is 79.9. The van der Waals surface area contributed by atoms with Gasteiger partial charge in [-0.2, -0.15) is 13.1 Å². The number of nitrogens with one attached hydrogen (secondary N) is 2. The van der Waals surface area contributed by atoms with E-state index in [2.05, 4.69) is 30.4 Å². The summed E-state index contributed by atoms with van der Waals surface area (Å²) in [7, 11) is -3.49. The van der Waals surface area contributed by atoms with Crippen LogP contribution in [0.1, 0.15) is 12.6 Å². The van der Waals surface area contributed by atoms with Crippen molar-refractivity contribution in [1.82, 2.24) is 9.71 Å². The van der Waals surface area contributed by atoms with Gasteiger partial charge in [-0.05, 0) is 35.0 Å². The normalized spacial score (nSPS) is 11.4. The van der Waals surface area contributed by atoms with Gasteiger partial charge in [0, 0.05) is 11.0 Å². The fraction of sp³-hybridized carbons (Fsp3) is 0.375. The average Bonchev–Trinajstić information content (AvgIpc) is 2.10. The van der Waals surface area contributed by atoms with E-state index in [1.54, 1.807) is 26.0 Å². The molecule has 5 nitrogen and oxygen atoms in total. The molecule has 0 unspecified atom stereocenters. The first-order valence-electron chi connectivity index (χ1n) is 4.35. The molecule has 0 saturated heterocycles. The number of rotatable bonds is 4. The van der Waals surface area contributed by atoms with Gasteiger partial charge in [-0.1, -0.05) is 6.92 Å². The molecule has 0 aromatic carbocycles. The minimum atomic E-state index is -3.49. The minimum absolute atomic E-state index is 0.302. The summed E-state index contributed by atoms with van der Waals surface area (Å²) in [5, 5.41) is 0. The zero-order chi connectivity index (χ0) is 11.5. The molecule has 0 aliphatic carbocycles. The molecule has 1 rings (SSSR count). The molecule has 0 aliphatic rings. The largest absolute Gasteiger partial charge is 0.300 e. The topological polar surface area (TPSA) is 71.1 Å². The van der Waals surface area contributed by atoms with E-state index >= 15 is 0 Å². The van der Waals surface area contributed by atoms with Gasteiger partial charge in [0.25, 0.3) is 10.2 Å². The number of aryl methyl sites for hydroxylation is 1. The van der Waals surface area contributed by atoms with Crippen molar-refractivity contribution in [3.63, 3.8) is 0 Å². The van der Waals surface area contributed by atoms with Gasteiger partial charge < -0.3 is 0 Å². The van der Waals surface area contributed by atoms with Crippen molar-refractivity contribution in [2.24, 2.45) is 0 Å². The Balaban J connectivity index is 2.86. The van der Waals surface area contributed by atoms with E-state index in [1.165, 1.54) is 0 Å². The lowest BCUT2D eigenvalue weighted by Crippen LogP contribution is -2.30. The monoisotopic (exact) mass is 293 g/mol. The maximum Gasteiger partial charge on any atom is 0.300 e. The van der Waals surface area contributed by atoms with Crippen LogP contribution in [0.15, 0.2) is 16.6 Å². The summed E-state index contributed by atoms with van der Waals surface area (Å²) in [5.74, 6) is 0.302. The molecular formula is C8H12BrN3O2S. The van der Waals surface area contributed by atoms with E-state index in [0.717, 1.165) is 10.2 Å². The van der Waals surface area contributed by atoms with E-state index in [-0.39, 0.29) is 0 Å². The molecule has 0 amide bonds. The molecule has 0 atom stereocenters. The first kappa shape index (κ1) is 12.4. The Labute approximate surface area is 97.6 Å². The zero-order valence-corrected chi connectivity index (χ0v) is 10.8. The van der Waals surface area contributed by atoms with Crippen LogP contribution in [-0.4, -0.2) is 19.9 Å². The lowest BCUT2D eigenvalue weighted by atomic mass is 10.4. The summed E-state index contributed by atoms with van der Waals surface area (Å²) in [6, 6.07) is 3.33. The summed E-state index contributed by atoms with van der Waals surface area (Å²) in [6.45, 7) is 3.83. The molecule has 0 bridgehead atoms. The fourth-order valence-corrected chi connectivity index (χ4v) is 2.03. The predicted octanol–water partition coefficient (Wildman–Crippen LogP) is 1.42. The van der Waals surface area contributed by atoms with Crippen molar-refractivity contribution in [2.75, 3.05) is 11.3 Å². The standard InChI is InChI=1S/C8H12BrN3O2S/c1-3-10-15(13,14)12-8-5-4-7(9)6(2)11-8/h4-5,10H,3H2,1-2H3,(H,11,12). The Morgan fingerprint density at radius 3 is 2.67 bits per heavy atom. The molecule has 0 radical (unpaired) electrons. The van der Waals surface area contributed by atoms with Crippen molar-refractivity contribution in [1.29, 1.82) is 0 Å². The fourth-order valence-electron chi connectivity index (χ4n) is 0.965. The second kappa shape index (κ2) is 4.91. The molecule has 0 spiro atoms. The number of anilines is 1. The number of halogens is 1. The molecule has 1 aromatic heterocycles. The predicted molar refractivity (Wildman–Crippen MR) is 62.9 cm³/mol. The van der Waals surface area contributed by atoms with E-state index < -0.39 is 10.2 Å². The highest BCUT2D eigenvalue weighted by molar-refractivity contribution is 9.10. The maximum absolute atomic E-state index is 11.3. The van der Waals surface area contributed by atoms with Crippen LogP contribution in [0, 0.1) is 6.92 Å². The van der Waals surface area contributed by atoms with Gasteiger partial charge in [0.1, 0.15) is 5.82 Å². The van der Waals surface area contributed by atoms with Crippen molar-refractivity contribution in [3.8, 4) is 0 Å². The van der Waals surface area contributed by atoms with Gasteiger partial charge >= 0.3 is 0 Å². The number of aromatic nitrogens is 1. The number of hydrogen-bond acceptors (Lipinski definition) is 3. The molecule has 15 heavy (non-hydrogen) atoms. The van der Waals surface area contributed by atoms with Crippen LogP contribution in [0.3, 0.4) is 0 Å².